The van der Waals surface area contributed by atoms with Crippen molar-refractivity contribution in [3.63, 3.8) is 0 Å². The van der Waals surface area contributed by atoms with Crippen molar-refractivity contribution in [1.29, 1.82) is 0 Å². The van der Waals surface area contributed by atoms with Crippen molar-refractivity contribution < 1.29 is 0 Å². The highest BCUT2D eigenvalue weighted by molar-refractivity contribution is 7.15. The Kier molecular flexibility index (Phi) is 5.56. The standard InChI is InChI=1S/C24H31NSi2/c1-19-13-7-10-16-22(19)27(25-26(4,5)6,23-17-11-8-14-20(23)2)24-18-12-9-15-21(24)3/h7-18,25H,1-6H3. The Balaban J connectivity index is 2.48. The molecule has 0 radical (unpaired) electrons. The van der Waals surface area contributed by atoms with Crippen LogP contribution in [0, 0.1) is 20.8 Å². The molecule has 0 aliphatic carbocycles. The van der Waals surface area contributed by atoms with Gasteiger partial charge in [-0.25, -0.2) is 0 Å². The molecule has 1 N–H and O–H groups in total. The van der Waals surface area contributed by atoms with E-state index in [1.165, 1.54) is 32.3 Å². The summed E-state index contributed by atoms with van der Waals surface area (Å²) in [5, 5.41) is 4.45. The first-order chi connectivity index (χ1) is 12.8. The first kappa shape index (κ1) is 19.8. The van der Waals surface area contributed by atoms with Crippen molar-refractivity contribution >= 4 is 32.0 Å². The Morgan fingerprint density at radius 3 is 1.07 bits per heavy atom. The lowest BCUT2D eigenvalue weighted by Gasteiger charge is -2.42. The molecule has 0 aromatic heterocycles. The molecule has 0 aliphatic rings. The molecule has 3 rings (SSSR count). The van der Waals surface area contributed by atoms with E-state index in [9.17, 15) is 0 Å². The fourth-order valence-electron chi connectivity index (χ4n) is 4.18. The summed E-state index contributed by atoms with van der Waals surface area (Å²) in [6, 6.07) is 26.9. The highest BCUT2D eigenvalue weighted by Gasteiger charge is 2.45. The van der Waals surface area contributed by atoms with E-state index in [-0.39, 0.29) is 0 Å². The Morgan fingerprint density at radius 1 is 0.519 bits per heavy atom. The van der Waals surface area contributed by atoms with E-state index < -0.39 is 16.5 Å². The molecule has 0 aliphatic heterocycles. The lowest BCUT2D eigenvalue weighted by atomic mass is 10.2. The van der Waals surface area contributed by atoms with Crippen LogP contribution in [0.1, 0.15) is 16.7 Å². The monoisotopic (exact) mass is 389 g/mol. The Morgan fingerprint density at radius 2 is 0.815 bits per heavy atom. The van der Waals surface area contributed by atoms with Crippen LogP contribution >= 0.6 is 0 Å². The molecule has 27 heavy (non-hydrogen) atoms. The molecule has 0 saturated carbocycles. The maximum atomic E-state index is 4.32. The van der Waals surface area contributed by atoms with Gasteiger partial charge in [-0.3, -0.25) is 0 Å². The summed E-state index contributed by atoms with van der Waals surface area (Å²) >= 11 is 0. The zero-order chi connectivity index (χ0) is 19.7. The van der Waals surface area contributed by atoms with Gasteiger partial charge in [-0.2, -0.15) is 0 Å². The molecular weight excluding hydrogens is 358 g/mol. The summed E-state index contributed by atoms with van der Waals surface area (Å²) in [5.41, 5.74) is 4.13. The van der Waals surface area contributed by atoms with Crippen LogP contribution in [0.15, 0.2) is 72.8 Å². The van der Waals surface area contributed by atoms with E-state index in [2.05, 4.69) is 118 Å². The molecule has 0 fully saturated rings. The summed E-state index contributed by atoms with van der Waals surface area (Å²) in [5.74, 6) is 0. The smallest absolute Gasteiger partial charge is 0.216 e. The normalized spacial score (nSPS) is 12.2. The molecule has 0 bridgehead atoms. The minimum absolute atomic E-state index is 1.38. The minimum atomic E-state index is -2.38. The molecule has 3 aromatic carbocycles. The quantitative estimate of drug-likeness (QED) is 0.514. The second kappa shape index (κ2) is 7.59. The summed E-state index contributed by atoms with van der Waals surface area (Å²) in [7, 11) is -3.98. The molecule has 140 valence electrons. The van der Waals surface area contributed by atoms with Gasteiger partial charge in [-0.15, -0.1) is 0 Å². The van der Waals surface area contributed by atoms with Gasteiger partial charge in [0.15, 0.2) is 0 Å². The SMILES string of the molecule is Cc1ccccc1[Si](N[Si](C)(C)C)(c1ccccc1C)c1ccccc1C. The van der Waals surface area contributed by atoms with Gasteiger partial charge in [-0.05, 0) is 53.0 Å². The van der Waals surface area contributed by atoms with E-state index in [4.69, 9.17) is 0 Å². The summed E-state index contributed by atoms with van der Waals surface area (Å²) in [4.78, 5) is 0. The molecule has 0 spiro atoms. The molecular formula is C24H31NSi2. The average molecular weight is 390 g/mol. The third-order valence-corrected chi connectivity index (χ3v) is 13.8. The van der Waals surface area contributed by atoms with Crippen molar-refractivity contribution in [3.05, 3.63) is 89.5 Å². The van der Waals surface area contributed by atoms with E-state index in [1.54, 1.807) is 0 Å². The van der Waals surface area contributed by atoms with Crippen molar-refractivity contribution in [3.8, 4) is 0 Å². The van der Waals surface area contributed by atoms with E-state index >= 15 is 0 Å². The summed E-state index contributed by atoms with van der Waals surface area (Å²) in [6.45, 7) is 14.1. The lowest BCUT2D eigenvalue weighted by Crippen LogP contribution is -2.81. The molecule has 0 heterocycles. The van der Waals surface area contributed by atoms with E-state index in [0.717, 1.165) is 0 Å². The fraction of sp³-hybridized carbons (Fsp3) is 0.250. The van der Waals surface area contributed by atoms with Gasteiger partial charge in [0.1, 0.15) is 8.24 Å². The first-order valence-corrected chi connectivity index (χ1v) is 15.2. The molecule has 3 heteroatoms. The number of nitrogens with one attached hydrogen (secondary N) is 1. The van der Waals surface area contributed by atoms with Crippen LogP contribution < -0.4 is 20.2 Å². The number of aryl methyl sites for hydroxylation is 3. The van der Waals surface area contributed by atoms with Crippen LogP contribution in [0.3, 0.4) is 0 Å². The number of hydrogen-bond donors (Lipinski definition) is 1. The third kappa shape index (κ3) is 3.86. The van der Waals surface area contributed by atoms with Crippen LogP contribution in [-0.4, -0.2) is 16.5 Å². The molecule has 0 amide bonds. The Hall–Kier alpha value is -1.95. The topological polar surface area (TPSA) is 12.0 Å². The highest BCUT2D eigenvalue weighted by atomic mass is 28.4. The van der Waals surface area contributed by atoms with E-state index in [0.29, 0.717) is 0 Å². The number of rotatable bonds is 5. The molecule has 3 aromatic rings. The Bertz CT molecular complexity index is 830. The Labute approximate surface area is 166 Å². The molecule has 0 unspecified atom stereocenters. The maximum absolute atomic E-state index is 4.32. The van der Waals surface area contributed by atoms with Gasteiger partial charge >= 0.3 is 0 Å². The van der Waals surface area contributed by atoms with Gasteiger partial charge in [0.2, 0.25) is 8.24 Å². The first-order valence-electron chi connectivity index (χ1n) is 9.73. The van der Waals surface area contributed by atoms with Gasteiger partial charge in [-0.1, -0.05) is 92.4 Å². The van der Waals surface area contributed by atoms with Gasteiger partial charge in [0, 0.05) is 0 Å². The van der Waals surface area contributed by atoms with Crippen LogP contribution in [0.5, 0.6) is 0 Å². The predicted molar refractivity (Wildman–Crippen MR) is 125 cm³/mol. The van der Waals surface area contributed by atoms with Crippen LogP contribution in [0.25, 0.3) is 0 Å². The van der Waals surface area contributed by atoms with Crippen LogP contribution in [0.2, 0.25) is 19.6 Å². The number of hydrogen-bond acceptors (Lipinski definition) is 1. The predicted octanol–water partition coefficient (Wildman–Crippen LogP) is 4.00. The highest BCUT2D eigenvalue weighted by Crippen LogP contribution is 2.15. The minimum Gasteiger partial charge on any atom is -0.349 e. The third-order valence-electron chi connectivity index (χ3n) is 5.21. The molecule has 0 saturated heterocycles. The van der Waals surface area contributed by atoms with Crippen LogP contribution in [0.4, 0.5) is 0 Å². The van der Waals surface area contributed by atoms with E-state index in [1.807, 2.05) is 0 Å². The van der Waals surface area contributed by atoms with Gasteiger partial charge in [0.05, 0.1) is 0 Å². The van der Waals surface area contributed by atoms with Gasteiger partial charge in [0.25, 0.3) is 0 Å². The van der Waals surface area contributed by atoms with Gasteiger partial charge < -0.3 is 4.65 Å². The average Bonchev–Trinajstić information content (AvgIpc) is 2.60. The van der Waals surface area contributed by atoms with Crippen molar-refractivity contribution in [2.45, 2.75) is 40.4 Å². The molecule has 1 nitrogen and oxygen atoms in total. The zero-order valence-corrected chi connectivity index (χ0v) is 19.4. The number of benzene rings is 3. The summed E-state index contributed by atoms with van der Waals surface area (Å²) < 4.78 is 4.32. The maximum Gasteiger partial charge on any atom is 0.216 e. The van der Waals surface area contributed by atoms with Crippen LogP contribution in [-0.2, 0) is 0 Å². The zero-order valence-electron chi connectivity index (χ0n) is 17.4. The summed E-state index contributed by atoms with van der Waals surface area (Å²) in [6.07, 6.45) is 0. The van der Waals surface area contributed by atoms with Crippen molar-refractivity contribution in [1.82, 2.24) is 4.65 Å². The lowest BCUT2D eigenvalue weighted by molar-refractivity contribution is 1.32. The molecule has 0 atom stereocenters. The second-order valence-electron chi connectivity index (χ2n) is 8.57. The second-order valence-corrected chi connectivity index (χ2v) is 17.2. The fourth-order valence-corrected chi connectivity index (χ4v) is 14.2. The van der Waals surface area contributed by atoms with Crippen molar-refractivity contribution in [2.75, 3.05) is 0 Å². The largest absolute Gasteiger partial charge is 0.349 e. The van der Waals surface area contributed by atoms with Crippen molar-refractivity contribution in [2.24, 2.45) is 0 Å².